The van der Waals surface area contributed by atoms with Crippen molar-refractivity contribution in [3.8, 4) is 0 Å². The first-order valence-corrected chi connectivity index (χ1v) is 10.2. The smallest absolute Gasteiger partial charge is 0.234 e. The highest BCUT2D eigenvalue weighted by Gasteiger charge is 2.07. The van der Waals surface area contributed by atoms with Gasteiger partial charge in [-0.1, -0.05) is 47.6 Å². The summed E-state index contributed by atoms with van der Waals surface area (Å²) in [6, 6.07) is 16.2. The molecular weight excluding hydrogens is 408 g/mol. The lowest BCUT2D eigenvalue weighted by molar-refractivity contribution is -0.113. The molecule has 0 bridgehead atoms. The van der Waals surface area contributed by atoms with E-state index in [-0.39, 0.29) is 17.4 Å². The first-order chi connectivity index (χ1) is 14.0. The minimum atomic E-state index is -0.176. The van der Waals surface area contributed by atoms with E-state index < -0.39 is 0 Å². The zero-order chi connectivity index (χ0) is 20.6. The van der Waals surface area contributed by atoms with E-state index in [9.17, 15) is 9.59 Å². The summed E-state index contributed by atoms with van der Waals surface area (Å²) < 4.78 is 0. The number of halogens is 1. The van der Waals surface area contributed by atoms with Gasteiger partial charge in [-0.3, -0.25) is 9.59 Å². The molecule has 8 heteroatoms. The number of hydrogen-bond acceptors (Lipinski definition) is 6. The van der Waals surface area contributed by atoms with E-state index in [0.717, 1.165) is 5.56 Å². The van der Waals surface area contributed by atoms with Crippen molar-refractivity contribution in [2.24, 2.45) is 0 Å². The van der Waals surface area contributed by atoms with Crippen LogP contribution in [-0.4, -0.2) is 27.4 Å². The van der Waals surface area contributed by atoms with Gasteiger partial charge in [0.15, 0.2) is 5.78 Å². The second-order valence-electron chi connectivity index (χ2n) is 6.20. The van der Waals surface area contributed by atoms with Crippen molar-refractivity contribution in [3.05, 3.63) is 77.1 Å². The van der Waals surface area contributed by atoms with Gasteiger partial charge < -0.3 is 10.6 Å². The van der Waals surface area contributed by atoms with Gasteiger partial charge in [-0.05, 0) is 36.8 Å². The summed E-state index contributed by atoms with van der Waals surface area (Å²) in [5.74, 6) is 0.643. The Labute approximate surface area is 178 Å². The molecule has 0 saturated carbocycles. The van der Waals surface area contributed by atoms with Gasteiger partial charge in [0.25, 0.3) is 0 Å². The van der Waals surface area contributed by atoms with Crippen LogP contribution < -0.4 is 10.6 Å². The topological polar surface area (TPSA) is 84.0 Å². The highest BCUT2D eigenvalue weighted by molar-refractivity contribution is 7.99. The summed E-state index contributed by atoms with van der Waals surface area (Å²) in [5.41, 5.74) is 2.23. The third-order valence-electron chi connectivity index (χ3n) is 3.93. The number of thioether (sulfide) groups is 1. The number of carbonyl (C=O) groups excluding carboxylic acids is 2. The zero-order valence-corrected chi connectivity index (χ0v) is 17.3. The molecule has 0 atom stereocenters. The third kappa shape index (κ3) is 6.58. The van der Waals surface area contributed by atoms with Crippen LogP contribution in [0.25, 0.3) is 0 Å². The summed E-state index contributed by atoms with van der Waals surface area (Å²) in [5, 5.41) is 7.40. The Morgan fingerprint density at radius 2 is 1.86 bits per heavy atom. The molecule has 0 aliphatic rings. The summed E-state index contributed by atoms with van der Waals surface area (Å²) in [7, 11) is 0. The van der Waals surface area contributed by atoms with Gasteiger partial charge in [-0.15, -0.1) is 0 Å². The van der Waals surface area contributed by atoms with E-state index in [4.69, 9.17) is 11.6 Å². The number of anilines is 2. The fraction of sp³-hybridized carbons (Fsp3) is 0.143. The maximum atomic E-state index is 12.2. The molecule has 0 saturated heterocycles. The molecule has 29 heavy (non-hydrogen) atoms. The van der Waals surface area contributed by atoms with Gasteiger partial charge in [-0.25, -0.2) is 9.97 Å². The predicted molar refractivity (Wildman–Crippen MR) is 117 cm³/mol. The van der Waals surface area contributed by atoms with Gasteiger partial charge >= 0.3 is 0 Å². The van der Waals surface area contributed by atoms with Crippen LogP contribution in [0.3, 0.4) is 0 Å². The van der Waals surface area contributed by atoms with Crippen LogP contribution in [0.15, 0.2) is 66.0 Å². The Morgan fingerprint density at radius 1 is 1.07 bits per heavy atom. The molecule has 6 nitrogen and oxygen atoms in total. The number of benzene rings is 2. The van der Waals surface area contributed by atoms with Crippen LogP contribution in [0.5, 0.6) is 0 Å². The average Bonchev–Trinajstić information content (AvgIpc) is 2.72. The number of nitrogens with zero attached hydrogens (tertiary/aromatic N) is 2. The van der Waals surface area contributed by atoms with Gasteiger partial charge in [0, 0.05) is 28.9 Å². The number of carbonyl (C=O) groups is 2. The Bertz CT molecular complexity index is 1010. The average molecular weight is 427 g/mol. The van der Waals surface area contributed by atoms with Crippen LogP contribution in [0.1, 0.15) is 22.8 Å². The highest BCUT2D eigenvalue weighted by Crippen LogP contribution is 2.19. The number of rotatable bonds is 8. The lowest BCUT2D eigenvalue weighted by atomic mass is 10.1. The zero-order valence-electron chi connectivity index (χ0n) is 15.7. The fourth-order valence-electron chi connectivity index (χ4n) is 2.46. The monoisotopic (exact) mass is 426 g/mol. The maximum Gasteiger partial charge on any atom is 0.234 e. The molecule has 0 aliphatic heterocycles. The van der Waals surface area contributed by atoms with Crippen LogP contribution in [0.4, 0.5) is 11.5 Å². The predicted octanol–water partition coefficient (Wildman–Crippen LogP) is 4.68. The lowest BCUT2D eigenvalue weighted by Crippen LogP contribution is -2.14. The minimum Gasteiger partial charge on any atom is -0.366 e. The molecule has 0 unspecified atom stereocenters. The van der Waals surface area contributed by atoms with Crippen molar-refractivity contribution in [1.29, 1.82) is 0 Å². The van der Waals surface area contributed by atoms with Crippen molar-refractivity contribution in [1.82, 2.24) is 9.97 Å². The van der Waals surface area contributed by atoms with Crippen LogP contribution in [0, 0.1) is 0 Å². The third-order valence-corrected chi connectivity index (χ3v) is 5.11. The summed E-state index contributed by atoms with van der Waals surface area (Å²) >= 11 is 7.20. The first kappa shape index (κ1) is 20.8. The van der Waals surface area contributed by atoms with Crippen molar-refractivity contribution in [2.45, 2.75) is 18.5 Å². The van der Waals surface area contributed by atoms with Crippen LogP contribution in [0.2, 0.25) is 5.02 Å². The molecular formula is C21H19ClN4O2S. The van der Waals surface area contributed by atoms with Gasteiger partial charge in [-0.2, -0.15) is 0 Å². The number of aromatic nitrogens is 2. The largest absolute Gasteiger partial charge is 0.366 e. The number of Topliss-reactive ketones (excluding diaryl/α,β-unsaturated/α-hetero) is 1. The fourth-order valence-corrected chi connectivity index (χ4v) is 3.26. The Kier molecular flexibility index (Phi) is 7.21. The lowest BCUT2D eigenvalue weighted by Gasteiger charge is -2.08. The second-order valence-corrected chi connectivity index (χ2v) is 7.63. The van der Waals surface area contributed by atoms with Crippen LogP contribution in [-0.2, 0) is 11.3 Å². The normalized spacial score (nSPS) is 10.4. The molecule has 3 rings (SSSR count). The number of hydrogen-bond donors (Lipinski definition) is 2. The Balaban J connectivity index is 1.52. The molecule has 2 aromatic carbocycles. The summed E-state index contributed by atoms with van der Waals surface area (Å²) in [4.78, 5) is 32.0. The Morgan fingerprint density at radius 3 is 2.62 bits per heavy atom. The minimum absolute atomic E-state index is 0.0462. The van der Waals surface area contributed by atoms with E-state index in [1.807, 2.05) is 24.3 Å². The number of ketones is 1. The highest BCUT2D eigenvalue weighted by atomic mass is 35.5. The summed E-state index contributed by atoms with van der Waals surface area (Å²) in [6.45, 7) is 2.09. The van der Waals surface area contributed by atoms with E-state index in [1.54, 1.807) is 30.3 Å². The van der Waals surface area contributed by atoms with E-state index in [2.05, 4.69) is 20.6 Å². The van der Waals surface area contributed by atoms with E-state index in [0.29, 0.717) is 33.7 Å². The molecule has 0 fully saturated rings. The molecule has 2 N–H and O–H groups in total. The van der Waals surface area contributed by atoms with Gasteiger partial charge in [0.05, 0.1) is 5.75 Å². The van der Waals surface area contributed by atoms with Crippen molar-refractivity contribution < 1.29 is 9.59 Å². The second kappa shape index (κ2) is 10.0. The molecule has 1 aromatic heterocycles. The van der Waals surface area contributed by atoms with Gasteiger partial charge in [0.2, 0.25) is 5.91 Å². The van der Waals surface area contributed by atoms with Crippen molar-refractivity contribution in [3.63, 3.8) is 0 Å². The van der Waals surface area contributed by atoms with Crippen molar-refractivity contribution in [2.75, 3.05) is 16.4 Å². The number of nitrogens with one attached hydrogen (secondary N) is 2. The van der Waals surface area contributed by atoms with E-state index >= 15 is 0 Å². The quantitative estimate of drug-likeness (QED) is 0.309. The van der Waals surface area contributed by atoms with E-state index in [1.165, 1.54) is 25.0 Å². The number of amides is 1. The molecule has 148 valence electrons. The molecule has 1 amide bonds. The molecule has 0 radical (unpaired) electrons. The SMILES string of the molecule is CC(=O)c1cccc(NC(=O)CSc2cc(NCc3ccc(Cl)cc3)ncn2)c1. The molecule has 0 spiro atoms. The molecule has 1 heterocycles. The molecule has 3 aromatic rings. The summed E-state index contributed by atoms with van der Waals surface area (Å²) in [6.07, 6.45) is 1.46. The standard InChI is InChI=1S/C21H19ClN4O2S/c1-14(27)16-3-2-4-18(9-16)26-20(28)12-29-21-10-19(24-13-25-21)23-11-15-5-7-17(22)8-6-15/h2-10,13H,11-12H2,1H3,(H,26,28)(H,23,24,25). The molecule has 0 aliphatic carbocycles. The first-order valence-electron chi connectivity index (χ1n) is 8.83. The van der Waals surface area contributed by atoms with Crippen LogP contribution >= 0.6 is 23.4 Å². The maximum absolute atomic E-state index is 12.2. The Hall–Kier alpha value is -2.90. The van der Waals surface area contributed by atoms with Gasteiger partial charge in [0.1, 0.15) is 17.2 Å². The van der Waals surface area contributed by atoms with Crippen molar-refractivity contribution >= 4 is 46.6 Å².